The van der Waals surface area contributed by atoms with Crippen molar-refractivity contribution in [3.05, 3.63) is 28.2 Å². The van der Waals surface area contributed by atoms with Crippen LogP contribution in [0.1, 0.15) is 12.6 Å². The van der Waals surface area contributed by atoms with E-state index in [4.69, 9.17) is 10.5 Å². The van der Waals surface area contributed by atoms with Gasteiger partial charge in [0.2, 0.25) is 0 Å². The summed E-state index contributed by atoms with van der Waals surface area (Å²) in [6.07, 6.45) is -3.33. The standard InChI is InChI=1S/C11H11BrF3N3O/c1-11(9-5(14)2-3-7(12)17-9)8(15)6(4-13)19-10(16)18-11/h2-3,6,8H,4H2,1H3,(H2,16,18)/t6-,8+,11+/m1/s1. The Hall–Kier alpha value is -1.31. The van der Waals surface area contributed by atoms with E-state index in [2.05, 4.69) is 25.9 Å². The summed E-state index contributed by atoms with van der Waals surface area (Å²) in [6.45, 7) is 0.205. The molecule has 0 saturated heterocycles. The maximum atomic E-state index is 14.3. The van der Waals surface area contributed by atoms with Gasteiger partial charge in [-0.1, -0.05) is 0 Å². The molecule has 19 heavy (non-hydrogen) atoms. The highest BCUT2D eigenvalue weighted by molar-refractivity contribution is 9.10. The summed E-state index contributed by atoms with van der Waals surface area (Å²) in [4.78, 5) is 7.66. The number of aliphatic imine (C=N–C) groups is 1. The lowest BCUT2D eigenvalue weighted by molar-refractivity contribution is 0.00306. The van der Waals surface area contributed by atoms with Crippen molar-refractivity contribution in [3.63, 3.8) is 0 Å². The van der Waals surface area contributed by atoms with Gasteiger partial charge in [0.1, 0.15) is 28.3 Å². The molecule has 1 aliphatic heterocycles. The highest BCUT2D eigenvalue weighted by atomic mass is 79.9. The first-order valence-corrected chi connectivity index (χ1v) is 6.22. The van der Waals surface area contributed by atoms with Gasteiger partial charge in [-0.05, 0) is 35.0 Å². The molecule has 0 fully saturated rings. The van der Waals surface area contributed by atoms with Crippen LogP contribution in [0.3, 0.4) is 0 Å². The molecule has 0 bridgehead atoms. The van der Waals surface area contributed by atoms with Crippen molar-refractivity contribution in [1.82, 2.24) is 4.98 Å². The lowest BCUT2D eigenvalue weighted by Gasteiger charge is -2.36. The summed E-state index contributed by atoms with van der Waals surface area (Å²) < 4.78 is 46.0. The third-order valence-electron chi connectivity index (χ3n) is 2.92. The minimum absolute atomic E-state index is 0.251. The van der Waals surface area contributed by atoms with Gasteiger partial charge in [-0.25, -0.2) is 23.1 Å². The van der Waals surface area contributed by atoms with Crippen LogP contribution < -0.4 is 5.73 Å². The van der Waals surface area contributed by atoms with E-state index in [0.717, 1.165) is 6.07 Å². The van der Waals surface area contributed by atoms with Crippen molar-refractivity contribution in [2.75, 3.05) is 6.67 Å². The Balaban J connectivity index is 2.56. The molecule has 0 spiro atoms. The fraction of sp³-hybridized carbons (Fsp3) is 0.455. The smallest absolute Gasteiger partial charge is 0.283 e. The fourth-order valence-corrected chi connectivity index (χ4v) is 2.27. The van der Waals surface area contributed by atoms with E-state index in [0.29, 0.717) is 4.60 Å². The number of alkyl halides is 2. The molecule has 2 N–H and O–H groups in total. The van der Waals surface area contributed by atoms with Gasteiger partial charge in [0.15, 0.2) is 12.3 Å². The number of amidine groups is 1. The van der Waals surface area contributed by atoms with E-state index in [1.807, 2.05) is 0 Å². The molecule has 4 nitrogen and oxygen atoms in total. The second kappa shape index (κ2) is 4.99. The molecule has 0 radical (unpaired) electrons. The van der Waals surface area contributed by atoms with Crippen LogP contribution in [0, 0.1) is 5.82 Å². The molecule has 3 atom stereocenters. The first kappa shape index (κ1) is 14.1. The third-order valence-corrected chi connectivity index (χ3v) is 3.36. The van der Waals surface area contributed by atoms with E-state index in [1.54, 1.807) is 0 Å². The number of nitrogens with zero attached hydrogens (tertiary/aromatic N) is 2. The van der Waals surface area contributed by atoms with E-state index in [-0.39, 0.29) is 11.7 Å². The van der Waals surface area contributed by atoms with Crippen molar-refractivity contribution in [3.8, 4) is 0 Å². The predicted molar refractivity (Wildman–Crippen MR) is 66.6 cm³/mol. The van der Waals surface area contributed by atoms with Crippen molar-refractivity contribution >= 4 is 22.0 Å². The summed E-state index contributed by atoms with van der Waals surface area (Å²) in [6, 6.07) is 2.10. The maximum absolute atomic E-state index is 14.3. The first-order chi connectivity index (χ1) is 8.88. The van der Waals surface area contributed by atoms with Gasteiger partial charge in [-0.15, -0.1) is 0 Å². The van der Waals surface area contributed by atoms with Crippen LogP contribution in [0.4, 0.5) is 13.2 Å². The Bertz CT molecular complexity index is 528. The van der Waals surface area contributed by atoms with Crippen LogP contribution in [0.15, 0.2) is 21.7 Å². The lowest BCUT2D eigenvalue weighted by atomic mass is 9.87. The molecule has 1 aromatic rings. The van der Waals surface area contributed by atoms with Gasteiger partial charge >= 0.3 is 0 Å². The van der Waals surface area contributed by atoms with Gasteiger partial charge in [0.05, 0.1) is 0 Å². The lowest BCUT2D eigenvalue weighted by Crippen LogP contribution is -2.50. The molecule has 1 aromatic heterocycles. The van der Waals surface area contributed by atoms with E-state index in [9.17, 15) is 13.2 Å². The van der Waals surface area contributed by atoms with Crippen molar-refractivity contribution in [2.24, 2.45) is 10.7 Å². The summed E-state index contributed by atoms with van der Waals surface area (Å²) in [5.41, 5.74) is 3.42. The summed E-state index contributed by atoms with van der Waals surface area (Å²) in [7, 11) is 0. The summed E-state index contributed by atoms with van der Waals surface area (Å²) in [5.74, 6) is -0.746. The Labute approximate surface area is 116 Å². The molecule has 1 aliphatic rings. The number of ether oxygens (including phenoxy) is 1. The zero-order valence-corrected chi connectivity index (χ0v) is 11.5. The number of aromatic nitrogens is 1. The number of pyridine rings is 1. The average Bonchev–Trinajstić information content (AvgIpc) is 2.36. The average molecular weight is 338 g/mol. The van der Waals surface area contributed by atoms with Gasteiger partial charge in [0, 0.05) is 0 Å². The van der Waals surface area contributed by atoms with Crippen LogP contribution in [0.2, 0.25) is 0 Å². The maximum Gasteiger partial charge on any atom is 0.283 e. The first-order valence-electron chi connectivity index (χ1n) is 5.43. The van der Waals surface area contributed by atoms with E-state index < -0.39 is 30.3 Å². The van der Waals surface area contributed by atoms with Crippen LogP contribution in [-0.2, 0) is 10.3 Å². The number of rotatable bonds is 2. The topological polar surface area (TPSA) is 60.5 Å². The molecule has 104 valence electrons. The van der Waals surface area contributed by atoms with Crippen molar-refractivity contribution < 1.29 is 17.9 Å². The molecular formula is C11H11BrF3N3O. The van der Waals surface area contributed by atoms with Crippen LogP contribution in [-0.4, -0.2) is 30.0 Å². The van der Waals surface area contributed by atoms with Gasteiger partial charge in [-0.2, -0.15) is 0 Å². The summed E-state index contributed by atoms with van der Waals surface area (Å²) in [5, 5.41) is 0. The van der Waals surface area contributed by atoms with Crippen LogP contribution >= 0.6 is 15.9 Å². The molecular weight excluding hydrogens is 327 g/mol. The van der Waals surface area contributed by atoms with Crippen LogP contribution in [0.25, 0.3) is 0 Å². The molecule has 0 unspecified atom stereocenters. The predicted octanol–water partition coefficient (Wildman–Crippen LogP) is 2.22. The molecule has 8 heteroatoms. The quantitative estimate of drug-likeness (QED) is 0.842. The second-order valence-corrected chi connectivity index (χ2v) is 5.09. The zero-order valence-electron chi connectivity index (χ0n) is 9.91. The normalized spacial score (nSPS) is 30.7. The van der Waals surface area contributed by atoms with Crippen molar-refractivity contribution in [2.45, 2.75) is 24.7 Å². The summed E-state index contributed by atoms with van der Waals surface area (Å²) >= 11 is 3.07. The van der Waals surface area contributed by atoms with Crippen molar-refractivity contribution in [1.29, 1.82) is 0 Å². The Kier molecular flexibility index (Phi) is 3.71. The highest BCUT2D eigenvalue weighted by Crippen LogP contribution is 2.37. The fourth-order valence-electron chi connectivity index (χ4n) is 1.96. The van der Waals surface area contributed by atoms with Gasteiger partial charge in [0.25, 0.3) is 6.02 Å². The minimum atomic E-state index is -1.90. The molecule has 2 rings (SSSR count). The zero-order chi connectivity index (χ0) is 14.2. The molecule has 0 amide bonds. The highest BCUT2D eigenvalue weighted by Gasteiger charge is 2.49. The molecule has 0 aromatic carbocycles. The van der Waals surface area contributed by atoms with E-state index in [1.165, 1.54) is 13.0 Å². The Morgan fingerprint density at radius 3 is 2.84 bits per heavy atom. The van der Waals surface area contributed by atoms with Gasteiger partial charge in [-0.3, -0.25) is 0 Å². The van der Waals surface area contributed by atoms with Crippen LogP contribution in [0.5, 0.6) is 0 Å². The third kappa shape index (κ3) is 2.41. The monoisotopic (exact) mass is 337 g/mol. The molecule has 0 saturated carbocycles. The molecule has 2 heterocycles. The Morgan fingerprint density at radius 1 is 1.53 bits per heavy atom. The van der Waals surface area contributed by atoms with E-state index >= 15 is 0 Å². The number of hydrogen-bond donors (Lipinski definition) is 1. The SMILES string of the molecule is C[C@]1(c2nc(Br)ccc2F)N=C(N)O[C@H](CF)[C@@H]1F. The minimum Gasteiger partial charge on any atom is -0.456 e. The number of hydrogen-bond acceptors (Lipinski definition) is 4. The number of nitrogens with two attached hydrogens (primary N) is 1. The largest absolute Gasteiger partial charge is 0.456 e. The second-order valence-electron chi connectivity index (χ2n) is 4.27. The Morgan fingerprint density at radius 2 is 2.21 bits per heavy atom. The van der Waals surface area contributed by atoms with Gasteiger partial charge < -0.3 is 10.5 Å². The number of halogens is 4. The molecule has 0 aliphatic carbocycles.